The Morgan fingerprint density at radius 3 is 2.48 bits per heavy atom. The molecule has 0 saturated carbocycles. The number of nitrogens with two attached hydrogens (primary N) is 1. The van der Waals surface area contributed by atoms with E-state index < -0.39 is 18.5 Å². The lowest BCUT2D eigenvalue weighted by Gasteiger charge is -2.43. The predicted octanol–water partition coefficient (Wildman–Crippen LogP) is 4.55. The van der Waals surface area contributed by atoms with Crippen molar-refractivity contribution in [2.75, 3.05) is 25.8 Å². The van der Waals surface area contributed by atoms with Crippen LogP contribution in [0.3, 0.4) is 0 Å². The van der Waals surface area contributed by atoms with Gasteiger partial charge in [0, 0.05) is 25.8 Å². The molecular formula is C26H31N2O4P. The van der Waals surface area contributed by atoms with E-state index in [1.54, 1.807) is 0 Å². The standard InChI is InChI=1S/C26H31N2O4P/c27-15-6-5-14-26(25(29)30)19-28(16-17-33(26,31)32)18-21-9-2-4-12-23(21)24-13-7-10-20-8-1-3-11-22(20)24/h1-4,7-13H,5-6,14-19,27H2,(H,29,30)(H,31,32). The van der Waals surface area contributed by atoms with Gasteiger partial charge in [0.25, 0.3) is 0 Å². The molecule has 2 unspecified atom stereocenters. The van der Waals surface area contributed by atoms with Gasteiger partial charge in [-0.05, 0) is 46.8 Å². The molecule has 0 amide bonds. The molecule has 0 spiro atoms. The zero-order valence-corrected chi connectivity index (χ0v) is 19.6. The fourth-order valence-corrected chi connectivity index (χ4v) is 7.16. The van der Waals surface area contributed by atoms with Crippen LogP contribution in [-0.4, -0.2) is 51.8 Å². The second kappa shape index (κ2) is 9.78. The number of carbonyl (C=O) groups is 1. The predicted molar refractivity (Wildman–Crippen MR) is 133 cm³/mol. The lowest BCUT2D eigenvalue weighted by Crippen LogP contribution is -2.53. The largest absolute Gasteiger partial charge is 0.480 e. The van der Waals surface area contributed by atoms with E-state index in [4.69, 9.17) is 5.73 Å². The molecule has 1 aliphatic rings. The minimum absolute atomic E-state index is 0.0155. The van der Waals surface area contributed by atoms with Crippen LogP contribution in [0.5, 0.6) is 0 Å². The number of carboxylic acid groups (broad SMARTS) is 1. The topological polar surface area (TPSA) is 104 Å². The molecule has 1 aliphatic heterocycles. The third kappa shape index (κ3) is 4.62. The zero-order valence-electron chi connectivity index (χ0n) is 18.7. The molecule has 0 bridgehead atoms. The SMILES string of the molecule is NCCCCC1(C(=O)O)CN(Cc2ccccc2-c2cccc3ccccc23)CCP1(=O)O. The molecule has 174 valence electrons. The summed E-state index contributed by atoms with van der Waals surface area (Å²) in [5.74, 6) is -1.18. The van der Waals surface area contributed by atoms with Crippen molar-refractivity contribution in [3.63, 3.8) is 0 Å². The van der Waals surface area contributed by atoms with Crippen LogP contribution in [0.25, 0.3) is 21.9 Å². The maximum Gasteiger partial charge on any atom is 0.320 e. The van der Waals surface area contributed by atoms with Crippen LogP contribution in [-0.2, 0) is 15.9 Å². The summed E-state index contributed by atoms with van der Waals surface area (Å²) in [6.45, 7) is 1.41. The van der Waals surface area contributed by atoms with Gasteiger partial charge in [-0.3, -0.25) is 14.3 Å². The molecule has 0 radical (unpaired) electrons. The van der Waals surface area contributed by atoms with Crippen molar-refractivity contribution >= 4 is 24.1 Å². The van der Waals surface area contributed by atoms with E-state index in [0.717, 1.165) is 27.5 Å². The van der Waals surface area contributed by atoms with Crippen LogP contribution in [0, 0.1) is 0 Å². The number of rotatable bonds is 8. The number of fused-ring (bicyclic) bond motifs is 1. The summed E-state index contributed by atoms with van der Waals surface area (Å²) in [7, 11) is -3.85. The van der Waals surface area contributed by atoms with Gasteiger partial charge < -0.3 is 15.7 Å². The molecule has 3 aromatic carbocycles. The van der Waals surface area contributed by atoms with Crippen LogP contribution in [0.1, 0.15) is 24.8 Å². The van der Waals surface area contributed by atoms with Crippen molar-refractivity contribution < 1.29 is 19.4 Å². The van der Waals surface area contributed by atoms with Crippen molar-refractivity contribution in [2.24, 2.45) is 5.73 Å². The summed E-state index contributed by atoms with van der Waals surface area (Å²) in [5.41, 5.74) is 8.88. The quantitative estimate of drug-likeness (QED) is 0.333. The Balaban J connectivity index is 1.66. The summed E-state index contributed by atoms with van der Waals surface area (Å²) >= 11 is 0. The fraction of sp³-hybridized carbons (Fsp3) is 0.346. The summed E-state index contributed by atoms with van der Waals surface area (Å²) in [4.78, 5) is 25.1. The Kier molecular flexibility index (Phi) is 7.01. The van der Waals surface area contributed by atoms with E-state index in [2.05, 4.69) is 36.4 Å². The molecule has 7 heteroatoms. The van der Waals surface area contributed by atoms with Crippen molar-refractivity contribution in [3.8, 4) is 11.1 Å². The van der Waals surface area contributed by atoms with E-state index in [1.165, 1.54) is 0 Å². The minimum atomic E-state index is -3.85. The number of carboxylic acids is 1. The summed E-state index contributed by atoms with van der Waals surface area (Å²) in [6, 6.07) is 22.6. The molecule has 0 aromatic heterocycles. The number of hydrogen-bond donors (Lipinski definition) is 3. The lowest BCUT2D eigenvalue weighted by molar-refractivity contribution is -0.141. The number of aliphatic carboxylic acids is 1. The molecule has 4 rings (SSSR count). The summed E-state index contributed by atoms with van der Waals surface area (Å²) in [6.07, 6.45) is 1.31. The minimum Gasteiger partial charge on any atom is -0.480 e. The third-order valence-corrected chi connectivity index (χ3v) is 9.51. The first-order valence-electron chi connectivity index (χ1n) is 11.4. The first kappa shape index (κ1) is 23.7. The van der Waals surface area contributed by atoms with Crippen LogP contribution >= 0.6 is 7.37 Å². The van der Waals surface area contributed by atoms with E-state index >= 15 is 0 Å². The van der Waals surface area contributed by atoms with Gasteiger partial charge in [0.15, 0.2) is 5.16 Å². The van der Waals surface area contributed by atoms with Crippen LogP contribution in [0.2, 0.25) is 0 Å². The maximum atomic E-state index is 13.1. The van der Waals surface area contributed by atoms with Crippen molar-refractivity contribution in [3.05, 3.63) is 72.3 Å². The Labute approximate surface area is 194 Å². The molecule has 4 N–H and O–H groups in total. The fourth-order valence-electron chi connectivity index (χ4n) is 4.95. The van der Waals surface area contributed by atoms with Crippen LogP contribution < -0.4 is 5.73 Å². The Bertz CT molecular complexity index is 1190. The van der Waals surface area contributed by atoms with Crippen LogP contribution in [0.4, 0.5) is 0 Å². The first-order valence-corrected chi connectivity index (χ1v) is 13.3. The van der Waals surface area contributed by atoms with E-state index in [9.17, 15) is 19.4 Å². The molecule has 1 saturated heterocycles. The van der Waals surface area contributed by atoms with Crippen molar-refractivity contribution in [1.29, 1.82) is 0 Å². The number of benzene rings is 3. The maximum absolute atomic E-state index is 13.1. The highest BCUT2D eigenvalue weighted by Crippen LogP contribution is 2.59. The van der Waals surface area contributed by atoms with Crippen LogP contribution in [0.15, 0.2) is 66.7 Å². The zero-order chi connectivity index (χ0) is 23.5. The van der Waals surface area contributed by atoms with Gasteiger partial charge in [-0.2, -0.15) is 0 Å². The normalized spacial score (nSPS) is 23.6. The third-order valence-electron chi connectivity index (χ3n) is 6.81. The molecule has 1 heterocycles. The van der Waals surface area contributed by atoms with Gasteiger partial charge in [0.1, 0.15) is 0 Å². The monoisotopic (exact) mass is 466 g/mol. The lowest BCUT2D eigenvalue weighted by atomic mass is 9.94. The van der Waals surface area contributed by atoms with Crippen molar-refractivity contribution in [2.45, 2.75) is 31.0 Å². The van der Waals surface area contributed by atoms with Gasteiger partial charge in [0.05, 0.1) is 0 Å². The highest BCUT2D eigenvalue weighted by atomic mass is 31.2. The summed E-state index contributed by atoms with van der Waals surface area (Å²) in [5, 5.41) is 10.7. The van der Waals surface area contributed by atoms with Gasteiger partial charge in [-0.25, -0.2) is 0 Å². The second-order valence-electron chi connectivity index (χ2n) is 8.90. The van der Waals surface area contributed by atoms with Gasteiger partial charge in [0.2, 0.25) is 7.37 Å². The smallest absolute Gasteiger partial charge is 0.320 e. The molecule has 6 nitrogen and oxygen atoms in total. The van der Waals surface area contributed by atoms with Gasteiger partial charge in [-0.15, -0.1) is 0 Å². The second-order valence-corrected chi connectivity index (χ2v) is 11.6. The Morgan fingerprint density at radius 1 is 1.00 bits per heavy atom. The van der Waals surface area contributed by atoms with E-state index in [0.29, 0.717) is 32.5 Å². The highest BCUT2D eigenvalue weighted by molar-refractivity contribution is 7.61. The van der Waals surface area contributed by atoms with E-state index in [1.807, 2.05) is 35.2 Å². The van der Waals surface area contributed by atoms with Crippen molar-refractivity contribution in [1.82, 2.24) is 4.90 Å². The Hall–Kier alpha value is -2.50. The first-order chi connectivity index (χ1) is 15.9. The highest BCUT2D eigenvalue weighted by Gasteiger charge is 2.56. The van der Waals surface area contributed by atoms with E-state index in [-0.39, 0.29) is 19.1 Å². The number of hydrogen-bond acceptors (Lipinski definition) is 4. The van der Waals surface area contributed by atoms with Gasteiger partial charge >= 0.3 is 5.97 Å². The number of nitrogens with zero attached hydrogens (tertiary/aromatic N) is 1. The average molecular weight is 467 g/mol. The molecule has 3 aromatic rings. The molecular weight excluding hydrogens is 435 g/mol. The molecule has 33 heavy (non-hydrogen) atoms. The molecule has 2 atom stereocenters. The average Bonchev–Trinajstić information content (AvgIpc) is 2.81. The molecule has 0 aliphatic carbocycles. The van der Waals surface area contributed by atoms with Gasteiger partial charge in [-0.1, -0.05) is 73.2 Å². The molecule has 1 fully saturated rings. The number of unbranched alkanes of at least 4 members (excludes halogenated alkanes) is 1. The summed E-state index contributed by atoms with van der Waals surface area (Å²) < 4.78 is 13.1. The Morgan fingerprint density at radius 2 is 1.70 bits per heavy atom.